The topological polar surface area (TPSA) is 29.3 Å². The highest BCUT2D eigenvalue weighted by Gasteiger charge is 2.32. The van der Waals surface area contributed by atoms with Gasteiger partial charge in [-0.25, -0.2) is 4.39 Å². The lowest BCUT2D eigenvalue weighted by atomic mass is 9.77. The molecule has 1 fully saturated rings. The van der Waals surface area contributed by atoms with Crippen LogP contribution in [0.25, 0.3) is 0 Å². The van der Waals surface area contributed by atoms with Crippen LogP contribution in [0.5, 0.6) is 0 Å². The Morgan fingerprint density at radius 3 is 2.55 bits per heavy atom. The van der Waals surface area contributed by atoms with E-state index in [2.05, 4.69) is 18.7 Å². The van der Waals surface area contributed by atoms with Crippen molar-refractivity contribution in [3.8, 4) is 0 Å². The van der Waals surface area contributed by atoms with E-state index >= 15 is 0 Å². The number of nitrogens with two attached hydrogens (primary N) is 1. The lowest BCUT2D eigenvalue weighted by Crippen LogP contribution is -2.43. The molecule has 2 nitrogen and oxygen atoms in total. The second-order valence-corrected chi connectivity index (χ2v) is 6.48. The van der Waals surface area contributed by atoms with Gasteiger partial charge in [0, 0.05) is 18.2 Å². The second-order valence-electron chi connectivity index (χ2n) is 6.48. The van der Waals surface area contributed by atoms with Gasteiger partial charge in [-0.05, 0) is 44.3 Å². The van der Waals surface area contributed by atoms with Gasteiger partial charge in [-0.2, -0.15) is 0 Å². The number of hydrogen-bond donors (Lipinski definition) is 1. The average Bonchev–Trinajstić information content (AvgIpc) is 2.45. The highest BCUT2D eigenvalue weighted by molar-refractivity contribution is 5.27. The Kier molecular flexibility index (Phi) is 4.82. The van der Waals surface area contributed by atoms with Gasteiger partial charge in [-0.3, -0.25) is 4.90 Å². The summed E-state index contributed by atoms with van der Waals surface area (Å²) in [6.45, 7) is 9.12. The molecule has 20 heavy (non-hydrogen) atoms. The van der Waals surface area contributed by atoms with E-state index in [1.165, 1.54) is 19.3 Å². The van der Waals surface area contributed by atoms with Crippen LogP contribution in [0.2, 0.25) is 0 Å². The number of likely N-dealkylation sites (tertiary alicyclic amines) is 1. The maximum Gasteiger partial charge on any atom is 0.128 e. The summed E-state index contributed by atoms with van der Waals surface area (Å²) >= 11 is 0. The predicted molar refractivity (Wildman–Crippen MR) is 82.1 cm³/mol. The minimum Gasteiger partial charge on any atom is -0.329 e. The van der Waals surface area contributed by atoms with Crippen molar-refractivity contribution in [3.05, 3.63) is 35.1 Å². The zero-order valence-electron chi connectivity index (χ0n) is 13.0. The fraction of sp³-hybridized carbons (Fsp3) is 0.647. The molecule has 1 aromatic rings. The molecule has 1 saturated heterocycles. The Bertz CT molecular complexity index is 450. The lowest BCUT2D eigenvalue weighted by molar-refractivity contribution is 0.0816. The summed E-state index contributed by atoms with van der Waals surface area (Å²) in [5.41, 5.74) is 8.24. The van der Waals surface area contributed by atoms with E-state index in [9.17, 15) is 4.39 Å². The summed E-state index contributed by atoms with van der Waals surface area (Å²) in [6, 6.07) is 5.33. The van der Waals surface area contributed by atoms with E-state index in [1.54, 1.807) is 6.07 Å². The average molecular weight is 278 g/mol. The maximum atomic E-state index is 14.1. The molecule has 0 saturated carbocycles. The van der Waals surface area contributed by atoms with Crippen molar-refractivity contribution in [1.29, 1.82) is 0 Å². The largest absolute Gasteiger partial charge is 0.329 e. The molecule has 0 amide bonds. The Labute approximate surface area is 122 Å². The van der Waals surface area contributed by atoms with Gasteiger partial charge in [-0.15, -0.1) is 0 Å². The monoisotopic (exact) mass is 278 g/mol. The molecule has 0 spiro atoms. The molecule has 1 heterocycles. The van der Waals surface area contributed by atoms with Gasteiger partial charge < -0.3 is 5.73 Å². The van der Waals surface area contributed by atoms with Crippen LogP contribution in [-0.2, 0) is 0 Å². The van der Waals surface area contributed by atoms with Crippen LogP contribution in [0.1, 0.15) is 50.3 Å². The maximum absolute atomic E-state index is 14.1. The quantitative estimate of drug-likeness (QED) is 0.911. The second kappa shape index (κ2) is 6.23. The van der Waals surface area contributed by atoms with E-state index in [4.69, 9.17) is 5.73 Å². The van der Waals surface area contributed by atoms with Crippen molar-refractivity contribution in [2.45, 2.75) is 46.1 Å². The van der Waals surface area contributed by atoms with Gasteiger partial charge in [0.15, 0.2) is 0 Å². The Morgan fingerprint density at radius 2 is 2.00 bits per heavy atom. The first-order valence-electron chi connectivity index (χ1n) is 7.69. The molecule has 112 valence electrons. The van der Waals surface area contributed by atoms with Crippen LogP contribution >= 0.6 is 0 Å². The van der Waals surface area contributed by atoms with Crippen LogP contribution in [0.4, 0.5) is 4.39 Å². The molecule has 0 bridgehead atoms. The Morgan fingerprint density at radius 1 is 1.35 bits per heavy atom. The highest BCUT2D eigenvalue weighted by atomic mass is 19.1. The first kappa shape index (κ1) is 15.5. The fourth-order valence-corrected chi connectivity index (χ4v) is 3.12. The summed E-state index contributed by atoms with van der Waals surface area (Å²) < 4.78 is 14.1. The van der Waals surface area contributed by atoms with Crippen molar-refractivity contribution in [2.75, 3.05) is 19.6 Å². The van der Waals surface area contributed by atoms with E-state index in [0.717, 1.165) is 24.2 Å². The molecular weight excluding hydrogens is 251 g/mol. The summed E-state index contributed by atoms with van der Waals surface area (Å²) in [5.74, 6) is -0.130. The standard InChI is InChI=1S/C17H27FN2/c1-4-17(3)7-9-20(10-8-17)16(12-19)14-11-13(2)5-6-15(14)18/h5-6,11,16H,4,7-10,12,19H2,1-3H3. The van der Waals surface area contributed by atoms with E-state index in [1.807, 2.05) is 19.1 Å². The molecule has 2 rings (SSSR count). The summed E-state index contributed by atoms with van der Waals surface area (Å²) in [5, 5.41) is 0. The minimum absolute atomic E-state index is 0.0105. The van der Waals surface area contributed by atoms with Gasteiger partial charge >= 0.3 is 0 Å². The van der Waals surface area contributed by atoms with Crippen molar-refractivity contribution in [1.82, 2.24) is 4.90 Å². The third-order valence-electron chi connectivity index (χ3n) is 5.03. The van der Waals surface area contributed by atoms with Crippen molar-refractivity contribution in [3.63, 3.8) is 0 Å². The van der Waals surface area contributed by atoms with Crippen molar-refractivity contribution in [2.24, 2.45) is 11.1 Å². The van der Waals surface area contributed by atoms with Gasteiger partial charge in [0.1, 0.15) is 5.82 Å². The first-order chi connectivity index (χ1) is 9.49. The molecule has 0 aromatic heterocycles. The van der Waals surface area contributed by atoms with E-state index in [-0.39, 0.29) is 11.9 Å². The number of benzene rings is 1. The normalized spacial score (nSPS) is 20.9. The molecule has 1 aliphatic rings. The van der Waals surface area contributed by atoms with Gasteiger partial charge in [0.25, 0.3) is 0 Å². The van der Waals surface area contributed by atoms with Crippen LogP contribution in [-0.4, -0.2) is 24.5 Å². The molecule has 1 unspecified atom stereocenters. The van der Waals surface area contributed by atoms with Gasteiger partial charge in [-0.1, -0.05) is 38.0 Å². The van der Waals surface area contributed by atoms with Crippen LogP contribution < -0.4 is 5.73 Å². The molecule has 3 heteroatoms. The van der Waals surface area contributed by atoms with Crippen molar-refractivity contribution >= 4 is 0 Å². The molecule has 1 atom stereocenters. The molecule has 1 aromatic carbocycles. The number of nitrogens with zero attached hydrogens (tertiary/aromatic N) is 1. The molecule has 0 aliphatic carbocycles. The third kappa shape index (κ3) is 3.21. The third-order valence-corrected chi connectivity index (χ3v) is 5.03. The number of hydrogen-bond acceptors (Lipinski definition) is 2. The van der Waals surface area contributed by atoms with Crippen LogP contribution in [0.3, 0.4) is 0 Å². The van der Waals surface area contributed by atoms with Crippen LogP contribution in [0.15, 0.2) is 18.2 Å². The van der Waals surface area contributed by atoms with Gasteiger partial charge in [0.2, 0.25) is 0 Å². The number of halogens is 1. The number of rotatable bonds is 4. The van der Waals surface area contributed by atoms with Crippen LogP contribution in [0, 0.1) is 18.2 Å². The molecule has 1 aliphatic heterocycles. The van der Waals surface area contributed by atoms with Gasteiger partial charge in [0.05, 0.1) is 0 Å². The smallest absolute Gasteiger partial charge is 0.128 e. The SMILES string of the molecule is CCC1(C)CCN(C(CN)c2cc(C)ccc2F)CC1. The van der Waals surface area contributed by atoms with E-state index in [0.29, 0.717) is 12.0 Å². The Balaban J connectivity index is 2.15. The Hall–Kier alpha value is -0.930. The number of aryl methyl sites for hydroxylation is 1. The van der Waals surface area contributed by atoms with Crippen molar-refractivity contribution < 1.29 is 4.39 Å². The fourth-order valence-electron chi connectivity index (χ4n) is 3.12. The predicted octanol–water partition coefficient (Wildman–Crippen LogP) is 3.65. The molecule has 0 radical (unpaired) electrons. The highest BCUT2D eigenvalue weighted by Crippen LogP contribution is 2.37. The lowest BCUT2D eigenvalue weighted by Gasteiger charge is -2.42. The number of piperidine rings is 1. The van der Waals surface area contributed by atoms with E-state index < -0.39 is 0 Å². The summed E-state index contributed by atoms with van der Waals surface area (Å²) in [6.07, 6.45) is 3.56. The zero-order chi connectivity index (χ0) is 14.8. The summed E-state index contributed by atoms with van der Waals surface area (Å²) in [7, 11) is 0. The minimum atomic E-state index is -0.130. The molecule has 2 N–H and O–H groups in total. The zero-order valence-corrected chi connectivity index (χ0v) is 13.0. The summed E-state index contributed by atoms with van der Waals surface area (Å²) in [4.78, 5) is 2.36. The molecular formula is C17H27FN2. The first-order valence-corrected chi connectivity index (χ1v) is 7.69.